The van der Waals surface area contributed by atoms with Crippen LogP contribution in [0.2, 0.25) is 0 Å². The van der Waals surface area contributed by atoms with Crippen molar-refractivity contribution >= 4 is 17.1 Å². The Kier molecular flexibility index (Phi) is 2.80. The van der Waals surface area contributed by atoms with Crippen molar-refractivity contribution in [2.45, 2.75) is 27.1 Å². The van der Waals surface area contributed by atoms with Crippen LogP contribution in [0, 0.1) is 13.8 Å². The predicted molar refractivity (Wildman–Crippen MR) is 72.2 cm³/mol. The summed E-state index contributed by atoms with van der Waals surface area (Å²) in [6.07, 6.45) is 0. The van der Waals surface area contributed by atoms with Gasteiger partial charge < -0.3 is 4.74 Å². The number of rotatable bonds is 2. The number of hydrogen-bond donors (Lipinski definition) is 0. The lowest BCUT2D eigenvalue weighted by Crippen LogP contribution is -2.02. The van der Waals surface area contributed by atoms with Crippen molar-refractivity contribution in [3.8, 4) is 0 Å². The maximum absolute atomic E-state index is 12.4. The summed E-state index contributed by atoms with van der Waals surface area (Å²) in [5, 5.41) is 0. The zero-order valence-corrected chi connectivity index (χ0v) is 11.3. The van der Waals surface area contributed by atoms with E-state index < -0.39 is 0 Å². The summed E-state index contributed by atoms with van der Waals surface area (Å²) in [7, 11) is 0. The van der Waals surface area contributed by atoms with Gasteiger partial charge in [0.2, 0.25) is 0 Å². The summed E-state index contributed by atoms with van der Waals surface area (Å²) >= 11 is 1.67. The van der Waals surface area contributed by atoms with E-state index in [9.17, 15) is 4.79 Å². The molecule has 0 aliphatic carbocycles. The summed E-state index contributed by atoms with van der Waals surface area (Å²) in [6.45, 7) is 5.32. The zero-order chi connectivity index (χ0) is 12.7. The van der Waals surface area contributed by atoms with Gasteiger partial charge >= 0.3 is 0 Å². The molecule has 2 heterocycles. The van der Waals surface area contributed by atoms with Crippen LogP contribution in [-0.2, 0) is 18.0 Å². The Labute approximate surface area is 110 Å². The second kappa shape index (κ2) is 4.34. The van der Waals surface area contributed by atoms with Gasteiger partial charge in [-0.1, -0.05) is 12.1 Å². The van der Waals surface area contributed by atoms with Crippen molar-refractivity contribution in [2.75, 3.05) is 0 Å². The van der Waals surface area contributed by atoms with Crippen LogP contribution in [0.1, 0.15) is 36.8 Å². The fourth-order valence-corrected chi connectivity index (χ4v) is 3.25. The molecule has 0 bridgehead atoms. The van der Waals surface area contributed by atoms with E-state index in [0.717, 1.165) is 21.6 Å². The molecule has 0 fully saturated rings. The molecule has 3 rings (SSSR count). The molecular weight excluding hydrogens is 244 g/mol. The molecular formula is C15H14O2S. The zero-order valence-electron chi connectivity index (χ0n) is 10.4. The summed E-state index contributed by atoms with van der Waals surface area (Å²) in [6, 6.07) is 7.86. The van der Waals surface area contributed by atoms with Crippen molar-refractivity contribution in [3.05, 3.63) is 56.3 Å². The Morgan fingerprint density at radius 3 is 2.67 bits per heavy atom. The first-order valence-electron chi connectivity index (χ1n) is 5.96. The molecule has 2 aromatic rings. The molecule has 1 aromatic carbocycles. The third kappa shape index (κ3) is 1.89. The fourth-order valence-electron chi connectivity index (χ4n) is 2.33. The number of hydrogen-bond acceptors (Lipinski definition) is 3. The number of benzene rings is 1. The molecule has 1 aliphatic rings. The lowest BCUT2D eigenvalue weighted by Gasteiger charge is -2.03. The highest BCUT2D eigenvalue weighted by Crippen LogP contribution is 2.26. The van der Waals surface area contributed by atoms with Crippen molar-refractivity contribution in [1.82, 2.24) is 0 Å². The van der Waals surface area contributed by atoms with Crippen molar-refractivity contribution < 1.29 is 9.53 Å². The smallest absolute Gasteiger partial charge is 0.194 e. The quantitative estimate of drug-likeness (QED) is 0.769. The molecule has 3 heteroatoms. The molecule has 0 atom stereocenters. The van der Waals surface area contributed by atoms with Crippen molar-refractivity contribution in [3.63, 3.8) is 0 Å². The number of carbonyl (C=O) groups excluding carboxylic acids is 1. The molecule has 0 saturated heterocycles. The number of ketones is 1. The highest BCUT2D eigenvalue weighted by Gasteiger charge is 2.17. The number of thiophene rings is 1. The van der Waals surface area contributed by atoms with Gasteiger partial charge in [-0.2, -0.15) is 0 Å². The Balaban J connectivity index is 2.00. The van der Waals surface area contributed by atoms with E-state index in [2.05, 4.69) is 0 Å². The van der Waals surface area contributed by atoms with Crippen LogP contribution in [0.25, 0.3) is 0 Å². The van der Waals surface area contributed by atoms with Gasteiger partial charge in [-0.3, -0.25) is 4.79 Å². The first-order chi connectivity index (χ1) is 8.65. The second-order valence-electron chi connectivity index (χ2n) is 4.63. The average Bonchev–Trinajstić information content (AvgIpc) is 2.93. The first-order valence-corrected chi connectivity index (χ1v) is 6.78. The van der Waals surface area contributed by atoms with E-state index in [-0.39, 0.29) is 5.78 Å². The van der Waals surface area contributed by atoms with E-state index >= 15 is 0 Å². The average molecular weight is 258 g/mol. The standard InChI is InChI=1S/C15H14O2S/c1-9-5-14(10(2)18-9)15(16)11-3-4-12-7-17-8-13(12)6-11/h3-6H,7-8H2,1-2H3. The number of carbonyl (C=O) groups is 1. The molecule has 0 saturated carbocycles. The molecule has 0 spiro atoms. The fraction of sp³-hybridized carbons (Fsp3) is 0.267. The molecule has 1 aromatic heterocycles. The Morgan fingerprint density at radius 2 is 1.94 bits per heavy atom. The maximum atomic E-state index is 12.4. The van der Waals surface area contributed by atoms with Crippen LogP contribution in [0.5, 0.6) is 0 Å². The minimum absolute atomic E-state index is 0.117. The van der Waals surface area contributed by atoms with E-state index in [1.165, 1.54) is 10.4 Å². The monoisotopic (exact) mass is 258 g/mol. The molecule has 92 valence electrons. The van der Waals surface area contributed by atoms with Crippen molar-refractivity contribution in [2.24, 2.45) is 0 Å². The number of aryl methyl sites for hydroxylation is 2. The van der Waals surface area contributed by atoms with Gasteiger partial charge in [0.1, 0.15) is 0 Å². The Bertz CT molecular complexity index is 625. The molecule has 0 unspecified atom stereocenters. The molecule has 18 heavy (non-hydrogen) atoms. The SMILES string of the molecule is Cc1cc(C(=O)c2ccc3c(c2)COC3)c(C)s1. The minimum Gasteiger partial charge on any atom is -0.372 e. The number of ether oxygens (including phenoxy) is 1. The van der Waals surface area contributed by atoms with Gasteiger partial charge in [-0.15, -0.1) is 11.3 Å². The summed E-state index contributed by atoms with van der Waals surface area (Å²) < 4.78 is 5.37. The van der Waals surface area contributed by atoms with E-state index in [4.69, 9.17) is 4.74 Å². The van der Waals surface area contributed by atoms with E-state index in [0.29, 0.717) is 13.2 Å². The molecule has 2 nitrogen and oxygen atoms in total. The van der Waals surface area contributed by atoms with Crippen LogP contribution in [0.15, 0.2) is 24.3 Å². The normalized spacial score (nSPS) is 13.7. The Morgan fingerprint density at radius 1 is 1.17 bits per heavy atom. The van der Waals surface area contributed by atoms with Crippen LogP contribution in [0.4, 0.5) is 0 Å². The largest absolute Gasteiger partial charge is 0.372 e. The molecule has 0 radical (unpaired) electrons. The topological polar surface area (TPSA) is 26.3 Å². The van der Waals surface area contributed by atoms with Crippen molar-refractivity contribution in [1.29, 1.82) is 0 Å². The molecule has 0 amide bonds. The van der Waals surface area contributed by atoms with Crippen LogP contribution < -0.4 is 0 Å². The van der Waals surface area contributed by atoms with Gasteiger partial charge in [-0.25, -0.2) is 0 Å². The summed E-state index contributed by atoms with van der Waals surface area (Å²) in [4.78, 5) is 14.7. The third-order valence-corrected chi connectivity index (χ3v) is 4.24. The summed E-state index contributed by atoms with van der Waals surface area (Å²) in [5.41, 5.74) is 3.94. The van der Waals surface area contributed by atoms with Crippen LogP contribution in [0.3, 0.4) is 0 Å². The Hall–Kier alpha value is -1.45. The predicted octanol–water partition coefficient (Wildman–Crippen LogP) is 3.63. The van der Waals surface area contributed by atoms with Gasteiger partial charge in [0, 0.05) is 20.9 Å². The minimum atomic E-state index is 0.117. The first kappa shape index (κ1) is 11.6. The summed E-state index contributed by atoms with van der Waals surface area (Å²) in [5.74, 6) is 0.117. The van der Waals surface area contributed by atoms with Gasteiger partial charge in [-0.05, 0) is 37.1 Å². The number of fused-ring (bicyclic) bond motifs is 1. The lowest BCUT2D eigenvalue weighted by atomic mass is 9.99. The van der Waals surface area contributed by atoms with Crippen LogP contribution in [-0.4, -0.2) is 5.78 Å². The van der Waals surface area contributed by atoms with Crippen LogP contribution >= 0.6 is 11.3 Å². The highest BCUT2D eigenvalue weighted by molar-refractivity contribution is 7.12. The molecule has 0 N–H and O–H groups in total. The second-order valence-corrected chi connectivity index (χ2v) is 6.09. The third-order valence-electron chi connectivity index (χ3n) is 3.27. The van der Waals surface area contributed by atoms with E-state index in [1.54, 1.807) is 11.3 Å². The highest BCUT2D eigenvalue weighted by atomic mass is 32.1. The van der Waals surface area contributed by atoms with Gasteiger partial charge in [0.15, 0.2) is 5.78 Å². The maximum Gasteiger partial charge on any atom is 0.194 e. The van der Waals surface area contributed by atoms with Gasteiger partial charge in [0.25, 0.3) is 0 Å². The van der Waals surface area contributed by atoms with E-state index in [1.807, 2.05) is 38.1 Å². The van der Waals surface area contributed by atoms with Gasteiger partial charge in [0.05, 0.1) is 13.2 Å². The lowest BCUT2D eigenvalue weighted by molar-refractivity contribution is 0.103. The molecule has 1 aliphatic heterocycles.